The van der Waals surface area contributed by atoms with Crippen LogP contribution in [0, 0.1) is 0 Å². The summed E-state index contributed by atoms with van der Waals surface area (Å²) >= 11 is 0. The number of hydrogen-bond acceptors (Lipinski definition) is 4. The minimum Gasteiger partial charge on any atom is -0.366 e. The molecule has 6 nitrogen and oxygen atoms in total. The molecular formula is C18H22N2O4. The summed E-state index contributed by atoms with van der Waals surface area (Å²) in [5.41, 5.74) is 1.92. The molecule has 2 aromatic rings. The van der Waals surface area contributed by atoms with Gasteiger partial charge in [-0.1, -0.05) is 18.2 Å². The molecular weight excluding hydrogens is 308 g/mol. The maximum absolute atomic E-state index is 12.3. The van der Waals surface area contributed by atoms with Gasteiger partial charge in [0.05, 0.1) is 6.04 Å². The molecule has 0 spiro atoms. The van der Waals surface area contributed by atoms with E-state index < -0.39 is 12.3 Å². The van der Waals surface area contributed by atoms with Crippen molar-refractivity contribution in [1.29, 1.82) is 0 Å². The average molecular weight is 330 g/mol. The highest BCUT2D eigenvalue weighted by atomic mass is 16.6. The van der Waals surface area contributed by atoms with E-state index in [1.165, 1.54) is 4.90 Å². The number of nitrogens with one attached hydrogen (secondary N) is 1. The summed E-state index contributed by atoms with van der Waals surface area (Å²) < 4.78 is 5.31. The lowest BCUT2D eigenvalue weighted by atomic mass is 9.99. The van der Waals surface area contributed by atoms with Gasteiger partial charge in [-0.15, -0.1) is 0 Å². The molecule has 2 N–H and O–H groups in total. The van der Waals surface area contributed by atoms with Gasteiger partial charge in [0, 0.05) is 43.0 Å². The van der Waals surface area contributed by atoms with Crippen molar-refractivity contribution in [2.75, 3.05) is 6.61 Å². The molecule has 1 aliphatic rings. The number of likely N-dealkylation sites (tertiary alicyclic amines) is 1. The van der Waals surface area contributed by atoms with Crippen LogP contribution >= 0.6 is 0 Å². The van der Waals surface area contributed by atoms with Gasteiger partial charge in [-0.25, -0.2) is 0 Å². The molecule has 2 atom stereocenters. The lowest BCUT2D eigenvalue weighted by Crippen LogP contribution is -2.53. The molecule has 1 saturated heterocycles. The van der Waals surface area contributed by atoms with Crippen molar-refractivity contribution >= 4 is 22.7 Å². The monoisotopic (exact) mass is 330 g/mol. The fourth-order valence-electron chi connectivity index (χ4n) is 3.27. The Labute approximate surface area is 140 Å². The number of imide groups is 1. The Hall–Kier alpha value is -2.18. The second kappa shape index (κ2) is 7.15. The first kappa shape index (κ1) is 16.7. The van der Waals surface area contributed by atoms with Gasteiger partial charge in [-0.2, -0.15) is 0 Å². The SMILES string of the molecule is CCOC(O)C(Cc1c[nH]c2ccccc12)N1C(=O)CCCC1=O. The molecule has 2 heterocycles. The zero-order chi connectivity index (χ0) is 17.1. The van der Waals surface area contributed by atoms with Gasteiger partial charge in [0.15, 0.2) is 6.29 Å². The van der Waals surface area contributed by atoms with Crippen LogP contribution in [0.3, 0.4) is 0 Å². The number of aliphatic hydroxyl groups excluding tert-OH is 1. The molecule has 6 heteroatoms. The highest BCUT2D eigenvalue weighted by Gasteiger charge is 2.37. The van der Waals surface area contributed by atoms with Crippen molar-refractivity contribution in [3.63, 3.8) is 0 Å². The first-order chi connectivity index (χ1) is 11.6. The van der Waals surface area contributed by atoms with Crippen LogP contribution in [-0.4, -0.2) is 45.7 Å². The van der Waals surface area contributed by atoms with E-state index in [4.69, 9.17) is 4.74 Å². The molecule has 1 aromatic carbocycles. The molecule has 128 valence electrons. The number of piperidine rings is 1. The van der Waals surface area contributed by atoms with Crippen LogP contribution < -0.4 is 0 Å². The molecule has 0 saturated carbocycles. The van der Waals surface area contributed by atoms with E-state index in [1.54, 1.807) is 6.92 Å². The molecule has 1 aliphatic heterocycles. The molecule has 3 rings (SSSR count). The number of para-hydroxylation sites is 1. The maximum atomic E-state index is 12.3. The lowest BCUT2D eigenvalue weighted by Gasteiger charge is -2.35. The van der Waals surface area contributed by atoms with E-state index in [0.29, 0.717) is 32.3 Å². The predicted octanol–water partition coefficient (Wildman–Crippen LogP) is 1.97. The van der Waals surface area contributed by atoms with Crippen molar-refractivity contribution in [1.82, 2.24) is 9.88 Å². The van der Waals surface area contributed by atoms with E-state index in [-0.39, 0.29) is 11.8 Å². The van der Waals surface area contributed by atoms with Crippen LogP contribution in [0.15, 0.2) is 30.5 Å². The molecule has 0 radical (unpaired) electrons. The fraction of sp³-hybridized carbons (Fsp3) is 0.444. The fourth-order valence-corrected chi connectivity index (χ4v) is 3.27. The first-order valence-electron chi connectivity index (χ1n) is 8.31. The van der Waals surface area contributed by atoms with Crippen LogP contribution in [0.2, 0.25) is 0 Å². The summed E-state index contributed by atoms with van der Waals surface area (Å²) in [6.45, 7) is 2.08. The third-order valence-electron chi connectivity index (χ3n) is 4.42. The molecule has 2 amide bonds. The van der Waals surface area contributed by atoms with Gasteiger partial charge >= 0.3 is 0 Å². The maximum Gasteiger partial charge on any atom is 0.229 e. The van der Waals surface area contributed by atoms with E-state index >= 15 is 0 Å². The Bertz CT molecular complexity index is 723. The second-order valence-corrected chi connectivity index (χ2v) is 5.99. The highest BCUT2D eigenvalue weighted by molar-refractivity contribution is 5.98. The number of nitrogens with zero attached hydrogens (tertiary/aromatic N) is 1. The smallest absolute Gasteiger partial charge is 0.229 e. The van der Waals surface area contributed by atoms with Crippen molar-refractivity contribution < 1.29 is 19.4 Å². The Kier molecular flexibility index (Phi) is 4.97. The Morgan fingerprint density at radius 1 is 1.25 bits per heavy atom. The zero-order valence-electron chi connectivity index (χ0n) is 13.7. The molecule has 1 aromatic heterocycles. The number of aromatic amines is 1. The predicted molar refractivity (Wildman–Crippen MR) is 89.1 cm³/mol. The van der Waals surface area contributed by atoms with Crippen LogP contribution in [0.4, 0.5) is 0 Å². The standard InChI is InChI=1S/C18H22N2O4/c1-2-24-18(23)15(20-16(21)8-5-9-17(20)22)10-12-11-19-14-7-4-3-6-13(12)14/h3-4,6-7,11,15,18-19,23H,2,5,8-10H2,1H3. The van der Waals surface area contributed by atoms with Gasteiger partial charge < -0.3 is 14.8 Å². The Balaban J connectivity index is 1.92. The van der Waals surface area contributed by atoms with Crippen LogP contribution in [0.25, 0.3) is 10.9 Å². The van der Waals surface area contributed by atoms with E-state index in [0.717, 1.165) is 16.5 Å². The van der Waals surface area contributed by atoms with Crippen molar-refractivity contribution in [2.45, 2.75) is 44.9 Å². The van der Waals surface area contributed by atoms with Gasteiger partial charge in [0.1, 0.15) is 0 Å². The number of aliphatic hydroxyl groups is 1. The Morgan fingerprint density at radius 2 is 1.96 bits per heavy atom. The quantitative estimate of drug-likeness (QED) is 0.627. The van der Waals surface area contributed by atoms with Gasteiger partial charge in [0.25, 0.3) is 0 Å². The van der Waals surface area contributed by atoms with Crippen molar-refractivity contribution in [3.8, 4) is 0 Å². The number of benzene rings is 1. The molecule has 24 heavy (non-hydrogen) atoms. The van der Waals surface area contributed by atoms with E-state index in [9.17, 15) is 14.7 Å². The second-order valence-electron chi connectivity index (χ2n) is 5.99. The minimum atomic E-state index is -1.20. The first-order valence-corrected chi connectivity index (χ1v) is 8.31. The van der Waals surface area contributed by atoms with Gasteiger partial charge in [-0.3, -0.25) is 14.5 Å². The summed E-state index contributed by atoms with van der Waals surface area (Å²) in [5, 5.41) is 11.4. The number of carbonyl (C=O) groups excluding carboxylic acids is 2. The van der Waals surface area contributed by atoms with E-state index in [2.05, 4.69) is 4.98 Å². The molecule has 0 aliphatic carbocycles. The van der Waals surface area contributed by atoms with Gasteiger partial charge in [0.2, 0.25) is 11.8 Å². The van der Waals surface area contributed by atoms with Crippen molar-refractivity contribution in [2.24, 2.45) is 0 Å². The number of aromatic nitrogens is 1. The van der Waals surface area contributed by atoms with Crippen LogP contribution in [0.1, 0.15) is 31.7 Å². The summed E-state index contributed by atoms with van der Waals surface area (Å²) in [6, 6.07) is 7.09. The molecule has 0 bridgehead atoms. The van der Waals surface area contributed by atoms with Crippen LogP contribution in [0.5, 0.6) is 0 Å². The number of rotatable bonds is 6. The zero-order valence-corrected chi connectivity index (χ0v) is 13.7. The summed E-state index contributed by atoms with van der Waals surface area (Å²) in [4.78, 5) is 28.9. The number of ether oxygens (including phenoxy) is 1. The summed E-state index contributed by atoms with van der Waals surface area (Å²) in [7, 11) is 0. The summed E-state index contributed by atoms with van der Waals surface area (Å²) in [5.74, 6) is -0.482. The molecule has 2 unspecified atom stereocenters. The number of carbonyl (C=O) groups is 2. The topological polar surface area (TPSA) is 82.6 Å². The van der Waals surface area contributed by atoms with Crippen molar-refractivity contribution in [3.05, 3.63) is 36.0 Å². The number of amides is 2. The molecule has 1 fully saturated rings. The third kappa shape index (κ3) is 3.20. The van der Waals surface area contributed by atoms with E-state index in [1.807, 2.05) is 30.5 Å². The Morgan fingerprint density at radius 3 is 2.67 bits per heavy atom. The number of hydrogen-bond donors (Lipinski definition) is 2. The van der Waals surface area contributed by atoms with Gasteiger partial charge in [-0.05, 0) is 25.0 Å². The number of fused-ring (bicyclic) bond motifs is 1. The number of H-pyrrole nitrogens is 1. The lowest BCUT2D eigenvalue weighted by molar-refractivity contribution is -0.172. The highest BCUT2D eigenvalue weighted by Crippen LogP contribution is 2.25. The van der Waals surface area contributed by atoms with Crippen LogP contribution in [-0.2, 0) is 20.7 Å². The average Bonchev–Trinajstić information content (AvgIpc) is 2.97. The summed E-state index contributed by atoms with van der Waals surface area (Å²) in [6.07, 6.45) is 2.23. The third-order valence-corrected chi connectivity index (χ3v) is 4.42. The normalized spacial score (nSPS) is 18.2. The largest absolute Gasteiger partial charge is 0.366 e. The minimum absolute atomic E-state index is 0.241.